The van der Waals surface area contributed by atoms with E-state index < -0.39 is 5.97 Å². The second-order valence-electron chi connectivity index (χ2n) is 4.86. The molecule has 1 N–H and O–H groups in total. The average Bonchev–Trinajstić information content (AvgIpc) is 2.18. The predicted octanol–water partition coefficient (Wildman–Crippen LogP) is 3.52. The number of carboxylic acids is 1. The van der Waals surface area contributed by atoms with Crippen LogP contribution in [0.3, 0.4) is 0 Å². The van der Waals surface area contributed by atoms with Gasteiger partial charge >= 0.3 is 5.97 Å². The number of carboxylic acid groups (broad SMARTS) is 1. The summed E-state index contributed by atoms with van der Waals surface area (Å²) in [6.45, 7) is 8.17. The molecule has 0 fully saturated rings. The fraction of sp³-hybridized carbons (Fsp3) is 0.500. The molecular formula is C14H20O2. The molecule has 88 valence electrons. The van der Waals surface area contributed by atoms with Crippen LogP contribution in [0.1, 0.15) is 42.9 Å². The van der Waals surface area contributed by atoms with E-state index in [0.29, 0.717) is 12.3 Å². The van der Waals surface area contributed by atoms with Gasteiger partial charge in [-0.1, -0.05) is 32.0 Å². The first-order valence-electron chi connectivity index (χ1n) is 5.71. The Kier molecular flexibility index (Phi) is 4.11. The number of benzene rings is 1. The van der Waals surface area contributed by atoms with Crippen molar-refractivity contribution in [2.24, 2.45) is 5.92 Å². The van der Waals surface area contributed by atoms with E-state index in [0.717, 1.165) is 11.1 Å². The van der Waals surface area contributed by atoms with Gasteiger partial charge in [0.15, 0.2) is 0 Å². The first-order chi connectivity index (χ1) is 7.41. The van der Waals surface area contributed by atoms with Crippen molar-refractivity contribution in [2.75, 3.05) is 0 Å². The van der Waals surface area contributed by atoms with Crippen LogP contribution >= 0.6 is 0 Å². The maximum Gasteiger partial charge on any atom is 0.310 e. The van der Waals surface area contributed by atoms with E-state index in [-0.39, 0.29) is 5.92 Å². The SMILES string of the molecule is Cc1ccc(C(CC(C)C)C(=O)O)cc1C. The molecular weight excluding hydrogens is 200 g/mol. The lowest BCUT2D eigenvalue weighted by Gasteiger charge is -2.16. The summed E-state index contributed by atoms with van der Waals surface area (Å²) >= 11 is 0. The van der Waals surface area contributed by atoms with E-state index in [1.54, 1.807) is 0 Å². The maximum atomic E-state index is 11.2. The van der Waals surface area contributed by atoms with Gasteiger partial charge in [0, 0.05) is 0 Å². The van der Waals surface area contributed by atoms with Crippen molar-refractivity contribution in [1.82, 2.24) is 0 Å². The molecule has 0 heterocycles. The lowest BCUT2D eigenvalue weighted by atomic mass is 9.89. The Morgan fingerprint density at radius 3 is 2.31 bits per heavy atom. The number of aliphatic carboxylic acids is 1. The van der Waals surface area contributed by atoms with Gasteiger partial charge in [-0.25, -0.2) is 0 Å². The number of hydrogen-bond donors (Lipinski definition) is 1. The maximum absolute atomic E-state index is 11.2. The van der Waals surface area contributed by atoms with Crippen molar-refractivity contribution >= 4 is 5.97 Å². The largest absolute Gasteiger partial charge is 0.481 e. The first-order valence-corrected chi connectivity index (χ1v) is 5.71. The summed E-state index contributed by atoms with van der Waals surface area (Å²) in [7, 11) is 0. The summed E-state index contributed by atoms with van der Waals surface area (Å²) in [5.74, 6) is -0.709. The standard InChI is InChI=1S/C14H20O2/c1-9(2)7-13(14(15)16)12-6-5-10(3)11(4)8-12/h5-6,8-9,13H,7H2,1-4H3,(H,15,16). The van der Waals surface area contributed by atoms with Gasteiger partial charge in [-0.05, 0) is 42.9 Å². The highest BCUT2D eigenvalue weighted by Gasteiger charge is 2.21. The number of hydrogen-bond acceptors (Lipinski definition) is 1. The van der Waals surface area contributed by atoms with Crippen LogP contribution in [-0.4, -0.2) is 11.1 Å². The Morgan fingerprint density at radius 1 is 1.25 bits per heavy atom. The van der Waals surface area contributed by atoms with Crippen molar-refractivity contribution in [3.63, 3.8) is 0 Å². The fourth-order valence-corrected chi connectivity index (χ4v) is 1.83. The van der Waals surface area contributed by atoms with E-state index in [1.165, 1.54) is 5.56 Å². The molecule has 0 aromatic heterocycles. The van der Waals surface area contributed by atoms with Crippen molar-refractivity contribution in [3.05, 3.63) is 34.9 Å². The molecule has 0 saturated carbocycles. The normalized spacial score (nSPS) is 12.8. The summed E-state index contributed by atoms with van der Waals surface area (Å²) in [4.78, 5) is 11.2. The van der Waals surface area contributed by atoms with E-state index in [1.807, 2.05) is 32.0 Å². The third kappa shape index (κ3) is 3.09. The van der Waals surface area contributed by atoms with Gasteiger partial charge in [-0.2, -0.15) is 0 Å². The Hall–Kier alpha value is -1.31. The summed E-state index contributed by atoms with van der Waals surface area (Å²) in [6, 6.07) is 5.93. The lowest BCUT2D eigenvalue weighted by Crippen LogP contribution is -2.14. The van der Waals surface area contributed by atoms with Gasteiger partial charge in [0.05, 0.1) is 5.92 Å². The van der Waals surface area contributed by atoms with Gasteiger partial charge in [-0.15, -0.1) is 0 Å². The monoisotopic (exact) mass is 220 g/mol. The zero-order valence-electron chi connectivity index (χ0n) is 10.4. The van der Waals surface area contributed by atoms with Crippen LogP contribution in [0.25, 0.3) is 0 Å². The molecule has 1 rings (SSSR count). The third-order valence-corrected chi connectivity index (χ3v) is 2.94. The number of rotatable bonds is 4. The molecule has 1 aromatic rings. The van der Waals surface area contributed by atoms with Gasteiger partial charge in [-0.3, -0.25) is 4.79 Å². The Morgan fingerprint density at radius 2 is 1.88 bits per heavy atom. The highest BCUT2D eigenvalue weighted by atomic mass is 16.4. The van der Waals surface area contributed by atoms with Gasteiger partial charge < -0.3 is 5.11 Å². The van der Waals surface area contributed by atoms with E-state index in [2.05, 4.69) is 13.8 Å². The van der Waals surface area contributed by atoms with E-state index >= 15 is 0 Å². The molecule has 0 radical (unpaired) electrons. The zero-order valence-corrected chi connectivity index (χ0v) is 10.4. The van der Waals surface area contributed by atoms with Gasteiger partial charge in [0.25, 0.3) is 0 Å². The van der Waals surface area contributed by atoms with Crippen LogP contribution in [0.5, 0.6) is 0 Å². The summed E-state index contributed by atoms with van der Waals surface area (Å²) in [6.07, 6.45) is 0.692. The first kappa shape index (κ1) is 12.8. The quantitative estimate of drug-likeness (QED) is 0.843. The molecule has 0 amide bonds. The van der Waals surface area contributed by atoms with Crippen molar-refractivity contribution in [3.8, 4) is 0 Å². The van der Waals surface area contributed by atoms with Crippen LogP contribution in [0.2, 0.25) is 0 Å². The average molecular weight is 220 g/mol. The molecule has 0 saturated heterocycles. The van der Waals surface area contributed by atoms with Gasteiger partial charge in [0.2, 0.25) is 0 Å². The summed E-state index contributed by atoms with van der Waals surface area (Å²) in [5, 5.41) is 9.24. The molecule has 16 heavy (non-hydrogen) atoms. The molecule has 0 aliphatic rings. The molecule has 0 spiro atoms. The third-order valence-electron chi connectivity index (χ3n) is 2.94. The Balaban J connectivity index is 3.01. The minimum atomic E-state index is -0.725. The molecule has 0 aliphatic carbocycles. The Bertz CT molecular complexity index is 380. The van der Waals surface area contributed by atoms with Gasteiger partial charge in [0.1, 0.15) is 0 Å². The van der Waals surface area contributed by atoms with Crippen molar-refractivity contribution in [2.45, 2.75) is 40.0 Å². The van der Waals surface area contributed by atoms with Crippen molar-refractivity contribution < 1.29 is 9.90 Å². The van der Waals surface area contributed by atoms with Crippen LogP contribution in [0.15, 0.2) is 18.2 Å². The fourth-order valence-electron chi connectivity index (χ4n) is 1.83. The van der Waals surface area contributed by atoms with Crippen LogP contribution in [-0.2, 0) is 4.79 Å². The molecule has 1 aromatic carbocycles. The molecule has 1 unspecified atom stereocenters. The van der Waals surface area contributed by atoms with E-state index in [9.17, 15) is 9.90 Å². The second-order valence-corrected chi connectivity index (χ2v) is 4.86. The Labute approximate surface area is 97.3 Å². The van der Waals surface area contributed by atoms with Crippen LogP contribution in [0, 0.1) is 19.8 Å². The van der Waals surface area contributed by atoms with Crippen LogP contribution < -0.4 is 0 Å². The van der Waals surface area contributed by atoms with E-state index in [4.69, 9.17) is 0 Å². The predicted molar refractivity (Wildman–Crippen MR) is 65.7 cm³/mol. The smallest absolute Gasteiger partial charge is 0.310 e. The second kappa shape index (κ2) is 5.15. The molecule has 0 aliphatic heterocycles. The molecule has 2 heteroatoms. The highest BCUT2D eigenvalue weighted by Crippen LogP contribution is 2.25. The van der Waals surface area contributed by atoms with Crippen LogP contribution in [0.4, 0.5) is 0 Å². The zero-order chi connectivity index (χ0) is 12.3. The number of carbonyl (C=O) groups is 1. The lowest BCUT2D eigenvalue weighted by molar-refractivity contribution is -0.139. The topological polar surface area (TPSA) is 37.3 Å². The highest BCUT2D eigenvalue weighted by molar-refractivity contribution is 5.76. The molecule has 2 nitrogen and oxygen atoms in total. The minimum Gasteiger partial charge on any atom is -0.481 e. The summed E-state index contributed by atoms with van der Waals surface area (Å²) < 4.78 is 0. The number of aryl methyl sites for hydroxylation is 2. The van der Waals surface area contributed by atoms with Crippen molar-refractivity contribution in [1.29, 1.82) is 0 Å². The molecule has 1 atom stereocenters. The summed E-state index contributed by atoms with van der Waals surface area (Å²) in [5.41, 5.74) is 3.29. The minimum absolute atomic E-state index is 0.376. The molecule has 0 bridgehead atoms.